The molecule has 0 aliphatic rings. The van der Waals surface area contributed by atoms with Crippen LogP contribution in [-0.2, 0) is 0 Å². The number of aromatic hydroxyl groups is 1. The Morgan fingerprint density at radius 3 is 2.74 bits per heavy atom. The minimum Gasteiger partial charge on any atom is -0.502 e. The smallest absolute Gasteiger partial charge is 0.314 e. The van der Waals surface area contributed by atoms with E-state index in [4.69, 9.17) is 4.74 Å². The van der Waals surface area contributed by atoms with Crippen LogP contribution in [0.15, 0.2) is 18.2 Å². The van der Waals surface area contributed by atoms with Gasteiger partial charge in [0.25, 0.3) is 0 Å². The fourth-order valence-corrected chi connectivity index (χ4v) is 1.87. The van der Waals surface area contributed by atoms with Gasteiger partial charge in [0.05, 0.1) is 17.1 Å². The topological polar surface area (TPSA) is 72.6 Å². The number of nitrogens with zero attached hydrogens (tertiary/aromatic N) is 1. The molecule has 0 amide bonds. The summed E-state index contributed by atoms with van der Waals surface area (Å²) < 4.78 is 5.62. The van der Waals surface area contributed by atoms with E-state index < -0.39 is 4.92 Å². The lowest BCUT2D eigenvalue weighted by atomic mass is 10.1. The first kappa shape index (κ1) is 15.3. The van der Waals surface area contributed by atoms with Gasteiger partial charge in [0.1, 0.15) is 5.75 Å². The molecule has 106 valence electrons. The van der Waals surface area contributed by atoms with Gasteiger partial charge in [-0.1, -0.05) is 26.2 Å². The number of hydrogen-bond acceptors (Lipinski definition) is 4. The fourth-order valence-electron chi connectivity index (χ4n) is 1.87. The molecule has 0 saturated heterocycles. The van der Waals surface area contributed by atoms with E-state index in [0.717, 1.165) is 12.8 Å². The van der Waals surface area contributed by atoms with Crippen molar-refractivity contribution in [1.29, 1.82) is 0 Å². The average molecular weight is 267 g/mol. The lowest BCUT2D eigenvalue weighted by Gasteiger charge is -2.14. The summed E-state index contributed by atoms with van der Waals surface area (Å²) in [7, 11) is 0. The molecule has 5 heteroatoms. The summed E-state index contributed by atoms with van der Waals surface area (Å²) in [6.07, 6.45) is 5.63. The zero-order chi connectivity index (χ0) is 14.3. The summed E-state index contributed by atoms with van der Waals surface area (Å²) in [4.78, 5) is 10.1. The number of rotatable bonds is 8. The molecular formula is C14H21NO4. The number of nitro benzene ring substituents is 1. The number of phenolic OH excluding ortho intramolecular Hbond substituents is 1. The summed E-state index contributed by atoms with van der Waals surface area (Å²) in [6, 6.07) is 4.10. The molecule has 1 N–H and O–H groups in total. The maximum atomic E-state index is 10.7. The molecule has 19 heavy (non-hydrogen) atoms. The normalized spacial score (nSPS) is 12.1. The van der Waals surface area contributed by atoms with Gasteiger partial charge in [-0.15, -0.1) is 0 Å². The van der Waals surface area contributed by atoms with Crippen molar-refractivity contribution in [3.8, 4) is 11.5 Å². The van der Waals surface area contributed by atoms with E-state index in [0.29, 0.717) is 5.75 Å². The fraction of sp³-hybridized carbons (Fsp3) is 0.571. The van der Waals surface area contributed by atoms with Gasteiger partial charge < -0.3 is 9.84 Å². The third-order valence-corrected chi connectivity index (χ3v) is 2.95. The van der Waals surface area contributed by atoms with Crippen molar-refractivity contribution in [2.24, 2.45) is 0 Å². The first-order valence-electron chi connectivity index (χ1n) is 6.68. The Kier molecular flexibility index (Phi) is 6.12. The van der Waals surface area contributed by atoms with E-state index in [1.165, 1.54) is 31.4 Å². The van der Waals surface area contributed by atoms with E-state index in [1.54, 1.807) is 6.07 Å². The van der Waals surface area contributed by atoms with Crippen LogP contribution in [0.5, 0.6) is 11.5 Å². The van der Waals surface area contributed by atoms with Crippen molar-refractivity contribution in [3.05, 3.63) is 28.3 Å². The van der Waals surface area contributed by atoms with E-state index >= 15 is 0 Å². The van der Waals surface area contributed by atoms with Crippen molar-refractivity contribution in [3.63, 3.8) is 0 Å². The van der Waals surface area contributed by atoms with Crippen LogP contribution in [-0.4, -0.2) is 16.1 Å². The molecule has 0 fully saturated rings. The van der Waals surface area contributed by atoms with Crippen molar-refractivity contribution < 1.29 is 14.8 Å². The Hall–Kier alpha value is -1.78. The lowest BCUT2D eigenvalue weighted by Crippen LogP contribution is -2.11. The molecule has 0 bridgehead atoms. The number of nitro groups is 1. The molecule has 1 aromatic carbocycles. The van der Waals surface area contributed by atoms with Crippen LogP contribution in [0.25, 0.3) is 0 Å². The van der Waals surface area contributed by atoms with Crippen molar-refractivity contribution in [2.45, 2.75) is 52.1 Å². The third kappa shape index (κ3) is 5.16. The van der Waals surface area contributed by atoms with E-state index in [2.05, 4.69) is 6.92 Å². The van der Waals surface area contributed by atoms with Gasteiger partial charge in [-0.05, 0) is 31.9 Å². The van der Waals surface area contributed by atoms with Crippen LogP contribution < -0.4 is 4.74 Å². The molecule has 0 aliphatic heterocycles. The third-order valence-electron chi connectivity index (χ3n) is 2.95. The van der Waals surface area contributed by atoms with Gasteiger partial charge in [-0.2, -0.15) is 0 Å². The summed E-state index contributed by atoms with van der Waals surface area (Å²) in [5, 5.41) is 20.0. The minimum atomic E-state index is -0.617. The van der Waals surface area contributed by atoms with Gasteiger partial charge in [-0.25, -0.2) is 0 Å². The predicted molar refractivity (Wildman–Crippen MR) is 73.6 cm³/mol. The van der Waals surface area contributed by atoms with Crippen molar-refractivity contribution in [2.75, 3.05) is 0 Å². The molecule has 1 atom stereocenters. The molecular weight excluding hydrogens is 246 g/mol. The van der Waals surface area contributed by atoms with Crippen LogP contribution in [0.4, 0.5) is 5.69 Å². The van der Waals surface area contributed by atoms with Crippen LogP contribution in [0.3, 0.4) is 0 Å². The van der Waals surface area contributed by atoms with E-state index in [-0.39, 0.29) is 17.5 Å². The van der Waals surface area contributed by atoms with E-state index in [9.17, 15) is 15.2 Å². The quantitative estimate of drug-likeness (QED) is 0.438. The van der Waals surface area contributed by atoms with Crippen LogP contribution >= 0.6 is 0 Å². The second-order valence-electron chi connectivity index (χ2n) is 4.69. The molecule has 0 spiro atoms. The summed E-state index contributed by atoms with van der Waals surface area (Å²) in [6.45, 7) is 4.11. The number of unbranched alkanes of at least 4 members (excludes halogenated alkanes) is 3. The molecule has 0 unspecified atom stereocenters. The van der Waals surface area contributed by atoms with E-state index in [1.807, 2.05) is 6.92 Å². The predicted octanol–water partition coefficient (Wildman–Crippen LogP) is 4.04. The van der Waals surface area contributed by atoms with Gasteiger partial charge in [-0.3, -0.25) is 10.1 Å². The van der Waals surface area contributed by atoms with Gasteiger partial charge in [0.15, 0.2) is 5.75 Å². The Morgan fingerprint density at radius 1 is 1.37 bits per heavy atom. The maximum Gasteiger partial charge on any atom is 0.314 e. The number of ether oxygens (including phenoxy) is 1. The van der Waals surface area contributed by atoms with Crippen LogP contribution in [0, 0.1) is 10.1 Å². The van der Waals surface area contributed by atoms with Gasteiger partial charge in [0, 0.05) is 0 Å². The summed E-state index contributed by atoms with van der Waals surface area (Å²) in [5.41, 5.74) is -0.323. The minimum absolute atomic E-state index is 0.0148. The second kappa shape index (κ2) is 7.61. The highest BCUT2D eigenvalue weighted by Gasteiger charge is 2.15. The molecule has 5 nitrogen and oxygen atoms in total. The molecule has 1 rings (SSSR count). The molecule has 0 radical (unpaired) electrons. The summed E-state index contributed by atoms with van der Waals surface area (Å²) in [5.74, 6) is 0.0837. The molecule has 0 heterocycles. The molecule has 0 aromatic heterocycles. The second-order valence-corrected chi connectivity index (χ2v) is 4.69. The van der Waals surface area contributed by atoms with Gasteiger partial charge >= 0.3 is 5.69 Å². The largest absolute Gasteiger partial charge is 0.502 e. The van der Waals surface area contributed by atoms with Crippen molar-refractivity contribution >= 4 is 5.69 Å². The van der Waals surface area contributed by atoms with Crippen LogP contribution in [0.1, 0.15) is 46.0 Å². The first-order valence-corrected chi connectivity index (χ1v) is 6.68. The SMILES string of the molecule is CCCCCC[C@H](C)Oc1ccc(O)c([N+](=O)[O-])c1. The number of phenols is 1. The Bertz CT molecular complexity index is 420. The molecule has 1 aromatic rings. The first-order chi connectivity index (χ1) is 9.04. The summed E-state index contributed by atoms with van der Waals surface area (Å²) >= 11 is 0. The Morgan fingerprint density at radius 2 is 2.11 bits per heavy atom. The zero-order valence-corrected chi connectivity index (χ0v) is 11.5. The Labute approximate surface area is 113 Å². The lowest BCUT2D eigenvalue weighted by molar-refractivity contribution is -0.386. The van der Waals surface area contributed by atoms with Crippen molar-refractivity contribution in [1.82, 2.24) is 0 Å². The Balaban J connectivity index is 2.52. The highest BCUT2D eigenvalue weighted by Crippen LogP contribution is 2.30. The molecule has 0 aliphatic carbocycles. The van der Waals surface area contributed by atoms with Gasteiger partial charge in [0.2, 0.25) is 0 Å². The highest BCUT2D eigenvalue weighted by molar-refractivity contribution is 5.49. The highest BCUT2D eigenvalue weighted by atomic mass is 16.6. The molecule has 0 saturated carbocycles. The van der Waals surface area contributed by atoms with Crippen LogP contribution in [0.2, 0.25) is 0 Å². The maximum absolute atomic E-state index is 10.7. The number of hydrogen-bond donors (Lipinski definition) is 1. The average Bonchev–Trinajstić information content (AvgIpc) is 2.36. The standard InChI is InChI=1S/C14H21NO4/c1-3-4-5-6-7-11(2)19-12-8-9-14(16)13(10-12)15(17)18/h8-11,16H,3-7H2,1-2H3/t11-/m0/s1. The monoisotopic (exact) mass is 267 g/mol. The number of benzene rings is 1. The zero-order valence-electron chi connectivity index (χ0n) is 11.5.